The molecule has 0 unspecified atom stereocenters. The van der Waals surface area contributed by atoms with Gasteiger partial charge in [0.1, 0.15) is 17.2 Å². The smallest absolute Gasteiger partial charge is 0.337 e. The highest BCUT2D eigenvalue weighted by molar-refractivity contribution is 5.94. The summed E-state index contributed by atoms with van der Waals surface area (Å²) < 4.78 is 10.6. The van der Waals surface area contributed by atoms with Crippen LogP contribution >= 0.6 is 0 Å². The summed E-state index contributed by atoms with van der Waals surface area (Å²) in [6.07, 6.45) is 0.629. The molecule has 25 heavy (non-hydrogen) atoms. The maximum absolute atomic E-state index is 12.0. The quantitative estimate of drug-likeness (QED) is 0.713. The maximum Gasteiger partial charge on any atom is 0.337 e. The van der Waals surface area contributed by atoms with Crippen LogP contribution in [0.5, 0.6) is 11.5 Å². The Balaban J connectivity index is 1.74. The van der Waals surface area contributed by atoms with Gasteiger partial charge in [-0.25, -0.2) is 9.78 Å². The van der Waals surface area contributed by atoms with Gasteiger partial charge in [-0.15, -0.1) is 0 Å². The summed E-state index contributed by atoms with van der Waals surface area (Å²) in [7, 11) is 1.60. The molecule has 1 amide bonds. The van der Waals surface area contributed by atoms with E-state index in [1.165, 1.54) is 12.1 Å². The first-order valence-corrected chi connectivity index (χ1v) is 7.77. The monoisotopic (exact) mass is 344 g/mol. The lowest BCUT2D eigenvalue weighted by Crippen LogP contribution is -2.26. The second kappa shape index (κ2) is 8.68. The molecule has 0 aliphatic carbocycles. The predicted molar refractivity (Wildman–Crippen MR) is 91.4 cm³/mol. The minimum Gasteiger partial charge on any atom is -0.497 e. The molecule has 0 saturated heterocycles. The normalized spacial score (nSPS) is 10.2. The minimum atomic E-state index is -1.06. The summed E-state index contributed by atoms with van der Waals surface area (Å²) in [6.45, 7) is 2.44. The average molecular weight is 344 g/mol. The fourth-order valence-corrected chi connectivity index (χ4v) is 2.14. The third kappa shape index (κ3) is 5.20. The topological polar surface area (TPSA) is 97.8 Å². The summed E-state index contributed by atoms with van der Waals surface area (Å²) in [5.41, 5.74) is 0.589. The number of hydrogen-bond donors (Lipinski definition) is 2. The van der Waals surface area contributed by atoms with E-state index in [9.17, 15) is 9.59 Å². The lowest BCUT2D eigenvalue weighted by molar-refractivity contribution is 0.0694. The number of pyridine rings is 1. The van der Waals surface area contributed by atoms with Crippen LogP contribution in [0.4, 0.5) is 0 Å². The number of benzene rings is 1. The van der Waals surface area contributed by atoms with Gasteiger partial charge >= 0.3 is 5.97 Å². The zero-order chi connectivity index (χ0) is 18.2. The van der Waals surface area contributed by atoms with E-state index in [1.54, 1.807) is 14.0 Å². The molecule has 0 radical (unpaired) electrons. The fourth-order valence-electron chi connectivity index (χ4n) is 2.14. The highest BCUT2D eigenvalue weighted by Gasteiger charge is 2.12. The zero-order valence-corrected chi connectivity index (χ0v) is 14.1. The van der Waals surface area contributed by atoms with Crippen molar-refractivity contribution < 1.29 is 24.2 Å². The summed E-state index contributed by atoms with van der Waals surface area (Å²) in [6, 6.07) is 10.0. The van der Waals surface area contributed by atoms with E-state index in [2.05, 4.69) is 10.3 Å². The molecule has 0 atom stereocenters. The van der Waals surface area contributed by atoms with Crippen LogP contribution in [0.15, 0.2) is 36.4 Å². The van der Waals surface area contributed by atoms with Crippen molar-refractivity contribution in [3.63, 3.8) is 0 Å². The van der Waals surface area contributed by atoms with Crippen molar-refractivity contribution in [1.82, 2.24) is 10.3 Å². The van der Waals surface area contributed by atoms with Gasteiger partial charge in [-0.2, -0.15) is 0 Å². The number of nitrogens with one attached hydrogen (secondary N) is 1. The fraction of sp³-hybridized carbons (Fsp3) is 0.278. The lowest BCUT2D eigenvalue weighted by Gasteiger charge is -2.08. The Bertz CT molecular complexity index is 744. The molecule has 1 aromatic heterocycles. The summed E-state index contributed by atoms with van der Waals surface area (Å²) in [4.78, 5) is 27.0. The van der Waals surface area contributed by atoms with E-state index in [1.807, 2.05) is 24.3 Å². The van der Waals surface area contributed by atoms with E-state index in [0.29, 0.717) is 25.3 Å². The Morgan fingerprint density at radius 3 is 2.40 bits per heavy atom. The molecular weight excluding hydrogens is 324 g/mol. The molecule has 2 rings (SSSR count). The van der Waals surface area contributed by atoms with Crippen molar-refractivity contribution >= 4 is 11.9 Å². The molecule has 7 heteroatoms. The highest BCUT2D eigenvalue weighted by atomic mass is 16.5. The standard InChI is InChI=1S/C18H20N2O5/c1-12-15(18(22)23)8-9-16(20-12)17(21)19-10-3-11-25-14-6-4-13(24-2)5-7-14/h4-9H,3,10-11H2,1-2H3,(H,19,21)(H,22,23). The van der Waals surface area contributed by atoms with E-state index >= 15 is 0 Å². The number of hydrogen-bond acceptors (Lipinski definition) is 5. The third-order valence-corrected chi connectivity index (χ3v) is 3.48. The molecule has 0 fully saturated rings. The molecule has 1 heterocycles. The molecule has 1 aromatic carbocycles. The number of rotatable bonds is 8. The number of nitrogens with zero attached hydrogens (tertiary/aromatic N) is 1. The van der Waals surface area contributed by atoms with E-state index in [-0.39, 0.29) is 17.2 Å². The van der Waals surface area contributed by atoms with Crippen LogP contribution in [0, 0.1) is 6.92 Å². The Morgan fingerprint density at radius 2 is 1.80 bits per heavy atom. The Labute approximate surface area is 145 Å². The Hall–Kier alpha value is -3.09. The van der Waals surface area contributed by atoms with Gasteiger partial charge in [-0.3, -0.25) is 4.79 Å². The number of methoxy groups -OCH3 is 1. The molecule has 0 aliphatic heterocycles. The van der Waals surface area contributed by atoms with Crippen LogP contribution in [0.3, 0.4) is 0 Å². The van der Waals surface area contributed by atoms with Crippen molar-refractivity contribution in [2.45, 2.75) is 13.3 Å². The first kappa shape index (κ1) is 18.3. The first-order valence-electron chi connectivity index (χ1n) is 7.77. The van der Waals surface area contributed by atoms with Crippen LogP contribution in [-0.4, -0.2) is 42.2 Å². The number of ether oxygens (including phenoxy) is 2. The van der Waals surface area contributed by atoms with Gasteiger partial charge in [0.05, 0.1) is 25.0 Å². The van der Waals surface area contributed by atoms with E-state index in [4.69, 9.17) is 14.6 Å². The Kier molecular flexibility index (Phi) is 6.33. The van der Waals surface area contributed by atoms with Crippen molar-refractivity contribution in [3.05, 3.63) is 53.3 Å². The van der Waals surface area contributed by atoms with E-state index in [0.717, 1.165) is 11.5 Å². The molecule has 0 spiro atoms. The van der Waals surface area contributed by atoms with Crippen LogP contribution in [-0.2, 0) is 0 Å². The van der Waals surface area contributed by atoms with Crippen molar-refractivity contribution in [2.75, 3.05) is 20.3 Å². The Morgan fingerprint density at radius 1 is 1.12 bits per heavy atom. The number of carbonyl (C=O) groups excluding carboxylic acids is 1. The number of aromatic nitrogens is 1. The molecule has 2 N–H and O–H groups in total. The van der Waals surface area contributed by atoms with Crippen LogP contribution in [0.25, 0.3) is 0 Å². The van der Waals surface area contributed by atoms with Crippen molar-refractivity contribution in [1.29, 1.82) is 0 Å². The largest absolute Gasteiger partial charge is 0.497 e. The van der Waals surface area contributed by atoms with Crippen molar-refractivity contribution in [2.24, 2.45) is 0 Å². The first-order chi connectivity index (χ1) is 12.0. The molecule has 2 aromatic rings. The molecular formula is C18H20N2O5. The van der Waals surface area contributed by atoms with Gasteiger partial charge in [0.15, 0.2) is 0 Å². The summed E-state index contributed by atoms with van der Waals surface area (Å²) in [5, 5.41) is 11.7. The molecule has 7 nitrogen and oxygen atoms in total. The number of amides is 1. The number of carbonyl (C=O) groups is 2. The van der Waals surface area contributed by atoms with Gasteiger partial charge in [0.25, 0.3) is 5.91 Å². The van der Waals surface area contributed by atoms with Crippen LogP contribution in [0.2, 0.25) is 0 Å². The van der Waals surface area contributed by atoms with Gasteiger partial charge in [-0.1, -0.05) is 0 Å². The molecule has 132 valence electrons. The SMILES string of the molecule is COc1ccc(OCCCNC(=O)c2ccc(C(=O)O)c(C)n2)cc1. The molecule has 0 saturated carbocycles. The lowest BCUT2D eigenvalue weighted by atomic mass is 10.2. The zero-order valence-electron chi connectivity index (χ0n) is 14.1. The number of aromatic carboxylic acids is 1. The second-order valence-electron chi connectivity index (χ2n) is 5.27. The highest BCUT2D eigenvalue weighted by Crippen LogP contribution is 2.16. The average Bonchev–Trinajstić information content (AvgIpc) is 2.61. The van der Waals surface area contributed by atoms with Crippen molar-refractivity contribution in [3.8, 4) is 11.5 Å². The summed E-state index contributed by atoms with van der Waals surface area (Å²) in [5.74, 6) is 0.0853. The molecule has 0 aliphatic rings. The van der Waals surface area contributed by atoms with Crippen LogP contribution in [0.1, 0.15) is 33.0 Å². The third-order valence-electron chi connectivity index (χ3n) is 3.48. The number of aryl methyl sites for hydroxylation is 1. The van der Waals surface area contributed by atoms with Gasteiger partial charge in [0.2, 0.25) is 0 Å². The van der Waals surface area contributed by atoms with Crippen LogP contribution < -0.4 is 14.8 Å². The van der Waals surface area contributed by atoms with Gasteiger partial charge in [-0.05, 0) is 49.7 Å². The predicted octanol–water partition coefficient (Wildman–Crippen LogP) is 2.30. The number of carboxylic acids is 1. The summed E-state index contributed by atoms with van der Waals surface area (Å²) >= 11 is 0. The minimum absolute atomic E-state index is 0.0874. The second-order valence-corrected chi connectivity index (χ2v) is 5.27. The van der Waals surface area contributed by atoms with Gasteiger partial charge < -0.3 is 19.9 Å². The van der Waals surface area contributed by atoms with E-state index < -0.39 is 5.97 Å². The number of carboxylic acid groups (broad SMARTS) is 1. The van der Waals surface area contributed by atoms with Gasteiger partial charge in [0, 0.05) is 6.54 Å². The maximum atomic E-state index is 12.0. The molecule has 0 bridgehead atoms.